The largest absolute Gasteiger partial charge is 0.397 e. The smallest absolute Gasteiger partial charge is 0.0638 e. The highest BCUT2D eigenvalue weighted by Crippen LogP contribution is 2.25. The quantitative estimate of drug-likeness (QED) is 0.763. The molecule has 0 amide bonds. The third-order valence-electron chi connectivity index (χ3n) is 1.19. The number of pyridine rings is 1. The molecule has 0 aromatic carbocycles. The molecule has 0 aliphatic rings. The van der Waals surface area contributed by atoms with Crippen LogP contribution in [0.15, 0.2) is 35.0 Å². The molecule has 2 N–H and O–H groups in total. The first-order valence-corrected chi connectivity index (χ1v) is 4.72. The van der Waals surface area contributed by atoms with Crippen molar-refractivity contribution in [2.75, 3.05) is 11.5 Å². The van der Waals surface area contributed by atoms with E-state index in [4.69, 9.17) is 17.3 Å². The van der Waals surface area contributed by atoms with E-state index < -0.39 is 0 Å². The summed E-state index contributed by atoms with van der Waals surface area (Å²) in [5.41, 5.74) is 6.33. The Hall–Kier alpha value is -0.670. The van der Waals surface area contributed by atoms with Crippen LogP contribution in [-0.2, 0) is 0 Å². The number of nitrogens with two attached hydrogens (primary N) is 1. The number of thioether (sulfide) groups is 1. The number of anilines is 1. The minimum Gasteiger partial charge on any atom is -0.397 e. The molecule has 0 atom stereocenters. The Bertz CT molecular complexity index is 288. The van der Waals surface area contributed by atoms with E-state index in [-0.39, 0.29) is 0 Å². The molecule has 0 spiro atoms. The minimum atomic E-state index is 0.621. The first-order valence-electron chi connectivity index (χ1n) is 3.35. The summed E-state index contributed by atoms with van der Waals surface area (Å²) < 4.78 is 0. The van der Waals surface area contributed by atoms with Gasteiger partial charge in [-0.15, -0.1) is 11.8 Å². The maximum Gasteiger partial charge on any atom is 0.0638 e. The van der Waals surface area contributed by atoms with Gasteiger partial charge in [-0.2, -0.15) is 0 Å². The first-order chi connectivity index (χ1) is 5.70. The van der Waals surface area contributed by atoms with E-state index in [1.165, 1.54) is 0 Å². The van der Waals surface area contributed by atoms with Crippen molar-refractivity contribution in [3.63, 3.8) is 0 Å². The third kappa shape index (κ3) is 2.75. The van der Waals surface area contributed by atoms with Crippen LogP contribution < -0.4 is 5.73 Å². The lowest BCUT2D eigenvalue weighted by Gasteiger charge is -2.02. The van der Waals surface area contributed by atoms with Crippen molar-refractivity contribution in [2.45, 2.75) is 4.90 Å². The van der Waals surface area contributed by atoms with Gasteiger partial charge in [-0.05, 0) is 6.07 Å². The Balaban J connectivity index is 2.63. The minimum absolute atomic E-state index is 0.621. The summed E-state index contributed by atoms with van der Waals surface area (Å²) in [5, 5.41) is 0.621. The summed E-state index contributed by atoms with van der Waals surface area (Å²) in [6.07, 6.45) is 3.33. The van der Waals surface area contributed by atoms with Crippen molar-refractivity contribution in [2.24, 2.45) is 0 Å². The van der Waals surface area contributed by atoms with Gasteiger partial charge in [0.2, 0.25) is 0 Å². The van der Waals surface area contributed by atoms with Crippen LogP contribution in [0, 0.1) is 0 Å². The van der Waals surface area contributed by atoms with Crippen LogP contribution in [0.2, 0.25) is 0 Å². The molecule has 0 unspecified atom stereocenters. The fraction of sp³-hybridized carbons (Fsp3) is 0.125. The normalized spacial score (nSPS) is 9.75. The lowest BCUT2D eigenvalue weighted by atomic mass is 10.4. The lowest BCUT2D eigenvalue weighted by molar-refractivity contribution is 1.27. The molecular weight excluding hydrogens is 192 g/mol. The highest BCUT2D eigenvalue weighted by atomic mass is 35.5. The number of halogens is 1. The van der Waals surface area contributed by atoms with Gasteiger partial charge in [0.25, 0.3) is 0 Å². The van der Waals surface area contributed by atoms with Crippen molar-refractivity contribution in [3.05, 3.63) is 30.1 Å². The maximum absolute atomic E-state index is 5.65. The van der Waals surface area contributed by atoms with E-state index >= 15 is 0 Å². The van der Waals surface area contributed by atoms with Gasteiger partial charge in [-0.1, -0.05) is 18.2 Å². The SMILES string of the molecule is C=C(Cl)CSc1ccncc1N. The first kappa shape index (κ1) is 9.42. The zero-order valence-electron chi connectivity index (χ0n) is 6.46. The zero-order valence-corrected chi connectivity index (χ0v) is 8.03. The van der Waals surface area contributed by atoms with E-state index in [1.807, 2.05) is 6.07 Å². The molecule has 0 aliphatic heterocycles. The summed E-state index contributed by atoms with van der Waals surface area (Å²) in [7, 11) is 0. The molecule has 12 heavy (non-hydrogen) atoms. The Morgan fingerprint density at radius 3 is 3.08 bits per heavy atom. The van der Waals surface area contributed by atoms with Crippen molar-refractivity contribution in [1.29, 1.82) is 0 Å². The summed E-state index contributed by atoms with van der Waals surface area (Å²) in [4.78, 5) is 4.87. The molecule has 1 rings (SSSR count). The van der Waals surface area contributed by atoms with Gasteiger partial charge in [0.1, 0.15) is 0 Å². The second-order valence-electron chi connectivity index (χ2n) is 2.22. The van der Waals surface area contributed by atoms with Crippen LogP contribution in [0.4, 0.5) is 5.69 Å². The molecule has 64 valence electrons. The van der Waals surface area contributed by atoms with Gasteiger partial charge in [-0.25, -0.2) is 0 Å². The predicted octanol–water partition coefficient (Wildman–Crippen LogP) is 2.51. The second-order valence-corrected chi connectivity index (χ2v) is 3.77. The lowest BCUT2D eigenvalue weighted by Crippen LogP contribution is -1.89. The van der Waals surface area contributed by atoms with Gasteiger partial charge in [0.15, 0.2) is 0 Å². The molecule has 1 heterocycles. The Morgan fingerprint density at radius 1 is 1.75 bits per heavy atom. The average Bonchev–Trinajstić information content (AvgIpc) is 2.03. The Labute approximate surface area is 80.8 Å². The second kappa shape index (κ2) is 4.38. The van der Waals surface area contributed by atoms with Crippen molar-refractivity contribution < 1.29 is 0 Å². The molecule has 0 bridgehead atoms. The predicted molar refractivity (Wildman–Crippen MR) is 54.4 cm³/mol. The van der Waals surface area contributed by atoms with E-state index in [9.17, 15) is 0 Å². The topological polar surface area (TPSA) is 38.9 Å². The highest BCUT2D eigenvalue weighted by Gasteiger charge is 1.98. The van der Waals surface area contributed by atoms with Crippen molar-refractivity contribution in [1.82, 2.24) is 4.98 Å². The van der Waals surface area contributed by atoms with E-state index in [2.05, 4.69) is 11.6 Å². The number of hydrogen-bond acceptors (Lipinski definition) is 3. The van der Waals surface area contributed by atoms with Gasteiger partial charge in [-0.3, -0.25) is 4.98 Å². The summed E-state index contributed by atoms with van der Waals surface area (Å²) >= 11 is 7.17. The maximum atomic E-state index is 5.65. The van der Waals surface area contributed by atoms with Gasteiger partial charge >= 0.3 is 0 Å². The molecule has 0 fully saturated rings. The molecule has 1 aromatic heterocycles. The summed E-state index contributed by atoms with van der Waals surface area (Å²) in [6, 6.07) is 1.86. The number of nitrogen functional groups attached to an aromatic ring is 1. The van der Waals surface area contributed by atoms with Crippen LogP contribution >= 0.6 is 23.4 Å². The summed E-state index contributed by atoms with van der Waals surface area (Å²) in [6.45, 7) is 3.59. The number of aromatic nitrogens is 1. The fourth-order valence-corrected chi connectivity index (χ4v) is 1.53. The third-order valence-corrected chi connectivity index (χ3v) is 2.66. The molecule has 0 saturated heterocycles. The Morgan fingerprint density at radius 2 is 2.50 bits per heavy atom. The number of nitrogens with zero attached hydrogens (tertiary/aromatic N) is 1. The average molecular weight is 201 g/mol. The van der Waals surface area contributed by atoms with Crippen molar-refractivity contribution >= 4 is 29.1 Å². The van der Waals surface area contributed by atoms with Crippen LogP contribution in [0.1, 0.15) is 0 Å². The highest BCUT2D eigenvalue weighted by molar-refractivity contribution is 7.99. The van der Waals surface area contributed by atoms with E-state index in [1.54, 1.807) is 24.2 Å². The van der Waals surface area contributed by atoms with E-state index in [0.29, 0.717) is 16.5 Å². The molecule has 0 saturated carbocycles. The van der Waals surface area contributed by atoms with Gasteiger partial charge < -0.3 is 5.73 Å². The molecule has 0 radical (unpaired) electrons. The van der Waals surface area contributed by atoms with Crippen molar-refractivity contribution in [3.8, 4) is 0 Å². The molecular formula is C8H9ClN2S. The van der Waals surface area contributed by atoms with Gasteiger partial charge in [0, 0.05) is 21.9 Å². The molecule has 2 nitrogen and oxygen atoms in total. The van der Waals surface area contributed by atoms with Crippen LogP contribution in [0.25, 0.3) is 0 Å². The molecule has 0 aliphatic carbocycles. The monoisotopic (exact) mass is 200 g/mol. The van der Waals surface area contributed by atoms with E-state index in [0.717, 1.165) is 4.90 Å². The molecule has 1 aromatic rings. The zero-order chi connectivity index (χ0) is 8.97. The van der Waals surface area contributed by atoms with Crippen LogP contribution in [-0.4, -0.2) is 10.7 Å². The van der Waals surface area contributed by atoms with Crippen LogP contribution in [0.3, 0.4) is 0 Å². The Kier molecular flexibility index (Phi) is 3.44. The summed E-state index contributed by atoms with van der Waals surface area (Å²) in [5.74, 6) is 0.676. The standard InChI is InChI=1S/C8H9ClN2S/c1-6(9)5-12-8-2-3-11-4-7(8)10/h2-4H,1,5,10H2. The van der Waals surface area contributed by atoms with Crippen LogP contribution in [0.5, 0.6) is 0 Å². The molecule has 4 heteroatoms. The fourth-order valence-electron chi connectivity index (χ4n) is 0.681. The van der Waals surface area contributed by atoms with Gasteiger partial charge in [0.05, 0.1) is 11.9 Å². The number of rotatable bonds is 3. The number of hydrogen-bond donors (Lipinski definition) is 1.